The van der Waals surface area contributed by atoms with Gasteiger partial charge in [0, 0.05) is 19.9 Å². The van der Waals surface area contributed by atoms with E-state index in [1.807, 2.05) is 0 Å². The molecule has 1 aliphatic carbocycles. The van der Waals surface area contributed by atoms with Crippen LogP contribution in [0.3, 0.4) is 0 Å². The van der Waals surface area contributed by atoms with E-state index >= 15 is 0 Å². The quantitative estimate of drug-likeness (QED) is 0.640. The van der Waals surface area contributed by atoms with Crippen LogP contribution < -0.4 is 0 Å². The summed E-state index contributed by atoms with van der Waals surface area (Å²) in [6.45, 7) is 3.05. The molecule has 3 heteroatoms. The Bertz CT molecular complexity index is 289. The fraction of sp³-hybridized carbons (Fsp3) is 0.833. The lowest BCUT2D eigenvalue weighted by Crippen LogP contribution is -2.42. The topological polar surface area (TPSA) is 12.5 Å². The smallest absolute Gasteiger partial charge is 0.0760 e. The van der Waals surface area contributed by atoms with Gasteiger partial charge in [-0.25, -0.2) is 0 Å². The van der Waals surface area contributed by atoms with Gasteiger partial charge in [-0.2, -0.15) is 0 Å². The summed E-state index contributed by atoms with van der Waals surface area (Å²) < 4.78 is 5.33. The monoisotopic (exact) mass is 205 g/mol. The lowest BCUT2D eigenvalue weighted by Gasteiger charge is -2.35. The minimum absolute atomic E-state index is 0.126. The third-order valence-electron chi connectivity index (χ3n) is 3.99. The summed E-state index contributed by atoms with van der Waals surface area (Å²) in [7, 11) is 10.1. The highest BCUT2D eigenvalue weighted by Gasteiger charge is 2.41. The molecular weight excluding hydrogens is 185 g/mol. The van der Waals surface area contributed by atoms with E-state index in [9.17, 15) is 0 Å². The second-order valence-corrected chi connectivity index (χ2v) is 5.14. The predicted octanol–water partition coefficient (Wildman–Crippen LogP) is 2.12. The number of rotatable bonds is 2. The van der Waals surface area contributed by atoms with E-state index in [4.69, 9.17) is 12.6 Å². The van der Waals surface area contributed by atoms with Gasteiger partial charge in [-0.1, -0.05) is 17.8 Å². The van der Waals surface area contributed by atoms with Crippen molar-refractivity contribution in [3.05, 3.63) is 11.3 Å². The van der Waals surface area contributed by atoms with Gasteiger partial charge in [0.1, 0.15) is 0 Å². The molecule has 1 heterocycles. The number of allylic oxidation sites excluding steroid dienone is 1. The molecule has 0 bridgehead atoms. The molecule has 0 aromatic carbocycles. The van der Waals surface area contributed by atoms with Crippen LogP contribution in [0.5, 0.6) is 0 Å². The molecule has 82 valence electrons. The highest BCUT2D eigenvalue weighted by molar-refractivity contribution is 6.13. The summed E-state index contributed by atoms with van der Waals surface area (Å²) in [5.74, 6) is 0.287. The molecule has 1 aliphatic heterocycles. The molecule has 2 unspecified atom stereocenters. The molecule has 0 spiro atoms. The minimum atomic E-state index is 0.126. The maximum Gasteiger partial charge on any atom is 0.0760 e. The van der Waals surface area contributed by atoms with Gasteiger partial charge in [-0.05, 0) is 26.2 Å². The van der Waals surface area contributed by atoms with Crippen molar-refractivity contribution in [1.29, 1.82) is 0 Å². The van der Waals surface area contributed by atoms with Crippen LogP contribution in [0.4, 0.5) is 0 Å². The average Bonchev–Trinajstić information content (AvgIpc) is 2.44. The van der Waals surface area contributed by atoms with Crippen molar-refractivity contribution in [3.63, 3.8) is 0 Å². The summed E-state index contributed by atoms with van der Waals surface area (Å²) in [5.41, 5.74) is 3.08. The number of methoxy groups -OCH3 is 1. The lowest BCUT2D eigenvalue weighted by molar-refractivity contribution is 0.0691. The van der Waals surface area contributed by atoms with Gasteiger partial charge in [0.25, 0.3) is 0 Å². The fourth-order valence-corrected chi connectivity index (χ4v) is 2.97. The first-order valence-electron chi connectivity index (χ1n) is 5.79. The largest absolute Gasteiger partial charge is 0.382 e. The molecule has 0 aromatic heterocycles. The first-order valence-corrected chi connectivity index (χ1v) is 5.79. The number of likely N-dealkylation sites (N-methyl/N-ethyl adjacent to an activating group) is 1. The first-order chi connectivity index (χ1) is 7.08. The third-order valence-corrected chi connectivity index (χ3v) is 3.99. The number of hydrogen-bond acceptors (Lipinski definition) is 2. The molecule has 2 atom stereocenters. The van der Waals surface area contributed by atoms with Crippen molar-refractivity contribution >= 4 is 7.85 Å². The summed E-state index contributed by atoms with van der Waals surface area (Å²) >= 11 is 0. The Morgan fingerprint density at radius 1 is 1.60 bits per heavy atom. The Morgan fingerprint density at radius 3 is 2.93 bits per heavy atom. The van der Waals surface area contributed by atoms with Crippen molar-refractivity contribution in [3.8, 4) is 0 Å². The van der Waals surface area contributed by atoms with Gasteiger partial charge in [0.05, 0.1) is 20.0 Å². The van der Waals surface area contributed by atoms with E-state index in [0.29, 0.717) is 0 Å². The zero-order valence-electron chi connectivity index (χ0n) is 10.0. The van der Waals surface area contributed by atoms with Crippen LogP contribution >= 0.6 is 0 Å². The molecule has 2 aliphatic rings. The van der Waals surface area contributed by atoms with Crippen LogP contribution in [0.2, 0.25) is 5.82 Å². The third kappa shape index (κ3) is 1.71. The Morgan fingerprint density at radius 2 is 2.33 bits per heavy atom. The molecule has 15 heavy (non-hydrogen) atoms. The van der Waals surface area contributed by atoms with Crippen molar-refractivity contribution in [2.45, 2.75) is 44.0 Å². The van der Waals surface area contributed by atoms with Crippen LogP contribution in [0.15, 0.2) is 11.3 Å². The van der Waals surface area contributed by atoms with Crippen LogP contribution in [0.25, 0.3) is 0 Å². The molecule has 2 nitrogen and oxygen atoms in total. The molecule has 0 saturated carbocycles. The van der Waals surface area contributed by atoms with E-state index in [1.165, 1.54) is 24.1 Å². The minimum Gasteiger partial charge on any atom is -0.382 e. The summed E-state index contributed by atoms with van der Waals surface area (Å²) in [6, 6.07) is 0. The van der Waals surface area contributed by atoms with Gasteiger partial charge in [-0.3, -0.25) is 0 Å². The van der Waals surface area contributed by atoms with Crippen LogP contribution in [-0.4, -0.2) is 39.0 Å². The Labute approximate surface area is 94.1 Å². The summed E-state index contributed by atoms with van der Waals surface area (Å²) in [6.07, 6.45) is 4.65. The van der Waals surface area contributed by atoms with Crippen molar-refractivity contribution in [2.24, 2.45) is 0 Å². The number of ether oxygens (including phenoxy) is 1. The SMILES string of the molecule is [B]C1CCCC2=C1CC(C)(COC)N2C. The number of hydrogen-bond donors (Lipinski definition) is 0. The number of nitrogens with zero attached hydrogens (tertiary/aromatic N) is 1. The Hall–Kier alpha value is -0.435. The molecule has 2 radical (unpaired) electrons. The van der Waals surface area contributed by atoms with Gasteiger partial charge in [0.15, 0.2) is 0 Å². The second-order valence-electron chi connectivity index (χ2n) is 5.14. The Kier molecular flexibility index (Phi) is 2.84. The standard InChI is InChI=1S/C12H20BNO/c1-12(8-15-3)7-9-10(13)5-4-6-11(9)14(12)2/h10H,4-8H2,1-3H3. The van der Waals surface area contributed by atoms with Crippen molar-refractivity contribution in [2.75, 3.05) is 20.8 Å². The van der Waals surface area contributed by atoms with Crippen LogP contribution in [-0.2, 0) is 4.74 Å². The zero-order valence-corrected chi connectivity index (χ0v) is 10.0. The Balaban J connectivity index is 2.22. The molecule has 2 rings (SSSR count). The van der Waals surface area contributed by atoms with Crippen molar-refractivity contribution < 1.29 is 4.74 Å². The normalized spacial score (nSPS) is 35.9. The summed E-state index contributed by atoms with van der Waals surface area (Å²) in [5, 5.41) is 0. The van der Waals surface area contributed by atoms with E-state index in [2.05, 4.69) is 18.9 Å². The highest BCUT2D eigenvalue weighted by atomic mass is 16.5. The van der Waals surface area contributed by atoms with Gasteiger partial charge < -0.3 is 9.64 Å². The van der Waals surface area contributed by atoms with Crippen molar-refractivity contribution in [1.82, 2.24) is 4.90 Å². The predicted molar refractivity (Wildman–Crippen MR) is 63.0 cm³/mol. The lowest BCUT2D eigenvalue weighted by atomic mass is 9.71. The molecular formula is C12H20BNO. The average molecular weight is 205 g/mol. The fourth-order valence-electron chi connectivity index (χ4n) is 2.97. The van der Waals surface area contributed by atoms with Crippen LogP contribution in [0, 0.1) is 0 Å². The molecule has 0 fully saturated rings. The maximum atomic E-state index is 6.17. The van der Waals surface area contributed by atoms with Crippen LogP contribution in [0.1, 0.15) is 32.6 Å². The molecule has 0 N–H and O–H groups in total. The van der Waals surface area contributed by atoms with E-state index in [1.54, 1.807) is 7.11 Å². The van der Waals surface area contributed by atoms with E-state index in [0.717, 1.165) is 19.4 Å². The summed E-state index contributed by atoms with van der Waals surface area (Å²) in [4.78, 5) is 2.39. The second kappa shape index (κ2) is 3.86. The maximum absolute atomic E-state index is 6.17. The van der Waals surface area contributed by atoms with E-state index in [-0.39, 0.29) is 11.4 Å². The van der Waals surface area contributed by atoms with E-state index < -0.39 is 0 Å². The molecule has 0 saturated heterocycles. The first kappa shape index (κ1) is 11.1. The molecule has 0 amide bonds. The van der Waals surface area contributed by atoms with Gasteiger partial charge in [0.2, 0.25) is 0 Å². The highest BCUT2D eigenvalue weighted by Crippen LogP contribution is 2.46. The van der Waals surface area contributed by atoms with Gasteiger partial charge in [-0.15, -0.1) is 0 Å². The zero-order chi connectivity index (χ0) is 11.1. The van der Waals surface area contributed by atoms with Gasteiger partial charge >= 0.3 is 0 Å². The molecule has 0 aromatic rings.